The monoisotopic (exact) mass is 409 g/mol. The minimum atomic E-state index is -3.46. The van der Waals surface area contributed by atoms with E-state index in [2.05, 4.69) is 43.5 Å². The maximum absolute atomic E-state index is 12.4. The molecule has 2 rings (SSSR count). The molecule has 2 unspecified atom stereocenters. The van der Waals surface area contributed by atoms with Crippen molar-refractivity contribution in [2.75, 3.05) is 0 Å². The van der Waals surface area contributed by atoms with E-state index in [1.807, 2.05) is 0 Å². The van der Waals surface area contributed by atoms with Crippen LogP contribution >= 0.6 is 31.9 Å². The first-order valence-electron chi connectivity index (χ1n) is 6.37. The van der Waals surface area contributed by atoms with Gasteiger partial charge in [0, 0.05) is 15.0 Å². The summed E-state index contributed by atoms with van der Waals surface area (Å²) in [6.07, 6.45) is 4.31. The first-order valence-corrected chi connectivity index (χ1v) is 9.44. The van der Waals surface area contributed by atoms with Crippen molar-refractivity contribution in [2.24, 2.45) is 5.92 Å². The fourth-order valence-electron chi connectivity index (χ4n) is 2.45. The average Bonchev–Trinajstić information content (AvgIpc) is 2.31. The van der Waals surface area contributed by atoms with Crippen LogP contribution in [0, 0.1) is 5.92 Å². The third kappa shape index (κ3) is 3.80. The second-order valence-corrected chi connectivity index (χ2v) is 8.52. The molecule has 1 saturated carbocycles. The van der Waals surface area contributed by atoms with Gasteiger partial charge in [0.05, 0.1) is 4.90 Å². The Bertz CT molecular complexity index is 560. The normalized spacial score (nSPS) is 24.4. The van der Waals surface area contributed by atoms with Gasteiger partial charge in [0.2, 0.25) is 10.0 Å². The molecule has 0 saturated heterocycles. The molecule has 6 heteroatoms. The Labute approximate surface area is 131 Å². The summed E-state index contributed by atoms with van der Waals surface area (Å²) in [4.78, 5) is 0.300. The molecule has 0 aromatic heterocycles. The summed E-state index contributed by atoms with van der Waals surface area (Å²) in [6.45, 7) is 2.11. The van der Waals surface area contributed by atoms with E-state index in [1.54, 1.807) is 18.2 Å². The van der Waals surface area contributed by atoms with E-state index in [-0.39, 0.29) is 6.04 Å². The Balaban J connectivity index is 2.22. The summed E-state index contributed by atoms with van der Waals surface area (Å²) >= 11 is 6.64. The fourth-order valence-corrected chi connectivity index (χ4v) is 5.57. The van der Waals surface area contributed by atoms with Gasteiger partial charge in [-0.1, -0.05) is 35.7 Å². The Kier molecular flexibility index (Phi) is 5.09. The summed E-state index contributed by atoms with van der Waals surface area (Å²) in [7, 11) is -3.46. The zero-order valence-corrected chi connectivity index (χ0v) is 14.7. The Hall–Kier alpha value is 0.0900. The van der Waals surface area contributed by atoms with Crippen molar-refractivity contribution < 1.29 is 8.42 Å². The molecule has 19 heavy (non-hydrogen) atoms. The zero-order valence-electron chi connectivity index (χ0n) is 10.7. The highest BCUT2D eigenvalue weighted by molar-refractivity contribution is 9.11. The smallest absolute Gasteiger partial charge is 0.208 e. The van der Waals surface area contributed by atoms with E-state index in [1.165, 1.54) is 6.42 Å². The Morgan fingerprint density at radius 1 is 1.21 bits per heavy atom. The van der Waals surface area contributed by atoms with E-state index in [0.29, 0.717) is 15.3 Å². The molecule has 1 aliphatic rings. The second-order valence-electron chi connectivity index (χ2n) is 5.06. The highest BCUT2D eigenvalue weighted by atomic mass is 79.9. The summed E-state index contributed by atoms with van der Waals surface area (Å²) in [5.74, 6) is 0.401. The van der Waals surface area contributed by atoms with Gasteiger partial charge in [0.25, 0.3) is 0 Å². The van der Waals surface area contributed by atoms with E-state index in [4.69, 9.17) is 0 Å². The lowest BCUT2D eigenvalue weighted by Crippen LogP contribution is -2.41. The summed E-state index contributed by atoms with van der Waals surface area (Å²) in [5, 5.41) is 0. The Morgan fingerprint density at radius 2 is 1.89 bits per heavy atom. The van der Waals surface area contributed by atoms with Crippen LogP contribution in [-0.4, -0.2) is 14.5 Å². The summed E-state index contributed by atoms with van der Waals surface area (Å²) in [6, 6.07) is 5.15. The van der Waals surface area contributed by atoms with Gasteiger partial charge >= 0.3 is 0 Å². The summed E-state index contributed by atoms with van der Waals surface area (Å²) in [5.41, 5.74) is 0. The third-order valence-corrected chi connectivity index (χ3v) is 6.56. The van der Waals surface area contributed by atoms with Crippen LogP contribution in [0.2, 0.25) is 0 Å². The Morgan fingerprint density at radius 3 is 2.53 bits per heavy atom. The van der Waals surface area contributed by atoms with Crippen LogP contribution in [0.1, 0.15) is 32.6 Å². The fraction of sp³-hybridized carbons (Fsp3) is 0.538. The maximum Gasteiger partial charge on any atom is 0.241 e. The van der Waals surface area contributed by atoms with Crippen molar-refractivity contribution in [3.63, 3.8) is 0 Å². The molecule has 0 bridgehead atoms. The molecule has 0 heterocycles. The standard InChI is InChI=1S/C13H17Br2NO2S/c1-9-4-2-3-5-12(9)16-19(17,18)13-7-6-10(14)8-11(13)15/h6-9,12,16H,2-5H2,1H3. The largest absolute Gasteiger partial charge is 0.241 e. The number of sulfonamides is 1. The molecule has 2 atom stereocenters. The molecule has 1 fully saturated rings. The number of benzene rings is 1. The van der Waals surface area contributed by atoms with Crippen molar-refractivity contribution in [1.29, 1.82) is 0 Å². The van der Waals surface area contributed by atoms with Gasteiger partial charge in [0.15, 0.2) is 0 Å². The van der Waals surface area contributed by atoms with E-state index in [9.17, 15) is 8.42 Å². The van der Waals surface area contributed by atoms with Crippen LogP contribution in [-0.2, 0) is 10.0 Å². The number of hydrogen-bond donors (Lipinski definition) is 1. The quantitative estimate of drug-likeness (QED) is 0.816. The molecular weight excluding hydrogens is 394 g/mol. The molecule has 0 radical (unpaired) electrons. The lowest BCUT2D eigenvalue weighted by atomic mass is 9.87. The highest BCUT2D eigenvalue weighted by Gasteiger charge is 2.27. The predicted octanol–water partition coefficient (Wildman–Crippen LogP) is 4.07. The lowest BCUT2D eigenvalue weighted by molar-refractivity contribution is 0.310. The number of nitrogens with one attached hydrogen (secondary N) is 1. The zero-order chi connectivity index (χ0) is 14.0. The topological polar surface area (TPSA) is 46.2 Å². The molecule has 0 aliphatic heterocycles. The van der Waals surface area contributed by atoms with Gasteiger partial charge in [-0.25, -0.2) is 13.1 Å². The van der Waals surface area contributed by atoms with Crippen LogP contribution in [0.25, 0.3) is 0 Å². The third-order valence-electron chi connectivity index (χ3n) is 3.60. The van der Waals surface area contributed by atoms with E-state index in [0.717, 1.165) is 23.7 Å². The van der Waals surface area contributed by atoms with Crippen molar-refractivity contribution >= 4 is 41.9 Å². The first-order chi connectivity index (χ1) is 8.90. The minimum absolute atomic E-state index is 0.0503. The van der Waals surface area contributed by atoms with Crippen molar-refractivity contribution in [3.8, 4) is 0 Å². The second kappa shape index (κ2) is 6.24. The molecule has 1 aliphatic carbocycles. The average molecular weight is 411 g/mol. The molecule has 0 spiro atoms. The van der Waals surface area contributed by atoms with Crippen LogP contribution in [0.4, 0.5) is 0 Å². The molecule has 3 nitrogen and oxygen atoms in total. The van der Waals surface area contributed by atoms with Gasteiger partial charge in [-0.3, -0.25) is 0 Å². The lowest BCUT2D eigenvalue weighted by Gasteiger charge is -2.29. The van der Waals surface area contributed by atoms with E-state index >= 15 is 0 Å². The molecule has 0 amide bonds. The number of hydrogen-bond acceptors (Lipinski definition) is 2. The van der Waals surface area contributed by atoms with Crippen molar-refractivity contribution in [1.82, 2.24) is 4.72 Å². The number of halogens is 2. The molecular formula is C13H17Br2NO2S. The van der Waals surface area contributed by atoms with Crippen LogP contribution in [0.3, 0.4) is 0 Å². The van der Waals surface area contributed by atoms with Crippen LogP contribution < -0.4 is 4.72 Å². The summed E-state index contributed by atoms with van der Waals surface area (Å²) < 4.78 is 29.1. The SMILES string of the molecule is CC1CCCCC1NS(=O)(=O)c1ccc(Br)cc1Br. The van der Waals surface area contributed by atoms with E-state index < -0.39 is 10.0 Å². The van der Waals surface area contributed by atoms with Gasteiger partial charge in [-0.05, 0) is 52.9 Å². The van der Waals surface area contributed by atoms with Gasteiger partial charge in [-0.15, -0.1) is 0 Å². The van der Waals surface area contributed by atoms with Crippen LogP contribution in [0.5, 0.6) is 0 Å². The molecule has 1 aromatic carbocycles. The molecule has 1 aromatic rings. The van der Waals surface area contributed by atoms with Gasteiger partial charge in [-0.2, -0.15) is 0 Å². The minimum Gasteiger partial charge on any atom is -0.208 e. The van der Waals surface area contributed by atoms with Crippen LogP contribution in [0.15, 0.2) is 32.0 Å². The van der Waals surface area contributed by atoms with Crippen molar-refractivity contribution in [2.45, 2.75) is 43.5 Å². The molecule has 1 N–H and O–H groups in total. The highest BCUT2D eigenvalue weighted by Crippen LogP contribution is 2.28. The first kappa shape index (κ1) is 15.5. The predicted molar refractivity (Wildman–Crippen MR) is 83.6 cm³/mol. The van der Waals surface area contributed by atoms with Gasteiger partial charge < -0.3 is 0 Å². The number of rotatable bonds is 3. The maximum atomic E-state index is 12.4. The van der Waals surface area contributed by atoms with Crippen molar-refractivity contribution in [3.05, 3.63) is 27.1 Å². The molecule has 106 valence electrons. The van der Waals surface area contributed by atoms with Gasteiger partial charge in [0.1, 0.15) is 0 Å².